The number of hydrogen-bond acceptors (Lipinski definition) is 3. The number of hydrogen-bond donors (Lipinski definition) is 1. The molecule has 0 aromatic heterocycles. The van der Waals surface area contributed by atoms with Crippen molar-refractivity contribution in [3.8, 4) is 0 Å². The molecule has 0 unspecified atom stereocenters. The van der Waals surface area contributed by atoms with Crippen LogP contribution in [0.2, 0.25) is 0 Å². The van der Waals surface area contributed by atoms with E-state index in [1.54, 1.807) is 0 Å². The summed E-state index contributed by atoms with van der Waals surface area (Å²) in [5, 5.41) is 3.46. The maximum atomic E-state index is 11.8. The summed E-state index contributed by atoms with van der Waals surface area (Å²) in [5.41, 5.74) is 4.01. The fourth-order valence-corrected chi connectivity index (χ4v) is 3.35. The van der Waals surface area contributed by atoms with Gasteiger partial charge in [0.15, 0.2) is 5.96 Å². The molecule has 0 bridgehead atoms. The second-order valence-corrected chi connectivity index (χ2v) is 6.67. The first-order chi connectivity index (χ1) is 12.0. The summed E-state index contributed by atoms with van der Waals surface area (Å²) in [4.78, 5) is 18.5. The van der Waals surface area contributed by atoms with E-state index in [0.29, 0.717) is 6.61 Å². The highest BCUT2D eigenvalue weighted by Crippen LogP contribution is 2.18. The standard InChI is InChI=1S/C20H31N3O2.HI/c1-5-25-19(24)18-9-12-23(13-10-18)20(21-4)22-11-8-17-7-6-15(2)14-16(17)3;/h6-7,14,18H,5,8-13H2,1-4H3,(H,21,22);1H. The van der Waals surface area contributed by atoms with E-state index in [9.17, 15) is 4.79 Å². The number of ether oxygens (including phenoxy) is 1. The third-order valence-corrected chi connectivity index (χ3v) is 4.80. The molecule has 1 aromatic rings. The normalized spacial score (nSPS) is 15.4. The number of carbonyl (C=O) groups excluding carboxylic acids is 1. The third kappa shape index (κ3) is 6.45. The van der Waals surface area contributed by atoms with Crippen LogP contribution in [-0.4, -0.2) is 50.1 Å². The van der Waals surface area contributed by atoms with Crippen LogP contribution in [0, 0.1) is 19.8 Å². The first-order valence-corrected chi connectivity index (χ1v) is 9.23. The second-order valence-electron chi connectivity index (χ2n) is 6.67. The van der Waals surface area contributed by atoms with E-state index in [0.717, 1.165) is 44.9 Å². The van der Waals surface area contributed by atoms with Crippen LogP contribution >= 0.6 is 24.0 Å². The fourth-order valence-electron chi connectivity index (χ4n) is 3.35. The fraction of sp³-hybridized carbons (Fsp3) is 0.600. The third-order valence-electron chi connectivity index (χ3n) is 4.80. The molecular formula is C20H32IN3O2. The Morgan fingerprint density at radius 3 is 2.58 bits per heavy atom. The molecule has 0 amide bonds. The smallest absolute Gasteiger partial charge is 0.309 e. The van der Waals surface area contributed by atoms with Crippen molar-refractivity contribution in [3.63, 3.8) is 0 Å². The van der Waals surface area contributed by atoms with Crippen molar-refractivity contribution in [1.82, 2.24) is 10.2 Å². The van der Waals surface area contributed by atoms with E-state index in [-0.39, 0.29) is 35.9 Å². The molecule has 2 rings (SSSR count). The van der Waals surface area contributed by atoms with Crippen LogP contribution in [0.5, 0.6) is 0 Å². The number of piperidine rings is 1. The number of guanidine groups is 1. The zero-order chi connectivity index (χ0) is 18.2. The van der Waals surface area contributed by atoms with Gasteiger partial charge in [0.05, 0.1) is 12.5 Å². The van der Waals surface area contributed by atoms with Gasteiger partial charge in [-0.25, -0.2) is 0 Å². The van der Waals surface area contributed by atoms with Gasteiger partial charge in [0.2, 0.25) is 0 Å². The van der Waals surface area contributed by atoms with Crippen molar-refractivity contribution in [2.24, 2.45) is 10.9 Å². The van der Waals surface area contributed by atoms with Crippen LogP contribution in [0.15, 0.2) is 23.2 Å². The number of rotatable bonds is 5. The molecule has 0 radical (unpaired) electrons. The predicted molar refractivity (Wildman–Crippen MR) is 117 cm³/mol. The first-order valence-electron chi connectivity index (χ1n) is 9.23. The number of carbonyl (C=O) groups is 1. The summed E-state index contributed by atoms with van der Waals surface area (Å²) in [5.74, 6) is 0.900. The highest BCUT2D eigenvalue weighted by atomic mass is 127. The van der Waals surface area contributed by atoms with Gasteiger partial charge in [-0.05, 0) is 51.2 Å². The van der Waals surface area contributed by atoms with E-state index in [1.807, 2.05) is 14.0 Å². The Kier molecular flexibility index (Phi) is 9.98. The van der Waals surface area contributed by atoms with Gasteiger partial charge in [0.1, 0.15) is 0 Å². The topological polar surface area (TPSA) is 53.9 Å². The van der Waals surface area contributed by atoms with Gasteiger partial charge in [0, 0.05) is 26.7 Å². The largest absolute Gasteiger partial charge is 0.466 e. The van der Waals surface area contributed by atoms with Gasteiger partial charge in [-0.1, -0.05) is 23.8 Å². The molecular weight excluding hydrogens is 441 g/mol. The highest BCUT2D eigenvalue weighted by molar-refractivity contribution is 14.0. The quantitative estimate of drug-likeness (QED) is 0.309. The Morgan fingerprint density at radius 1 is 1.31 bits per heavy atom. The molecule has 1 aromatic carbocycles. The van der Waals surface area contributed by atoms with Crippen LogP contribution in [0.3, 0.4) is 0 Å². The predicted octanol–water partition coefficient (Wildman–Crippen LogP) is 3.31. The molecule has 1 aliphatic heterocycles. The lowest BCUT2D eigenvalue weighted by Crippen LogP contribution is -2.47. The molecule has 5 nitrogen and oxygen atoms in total. The van der Waals surface area contributed by atoms with E-state index in [2.05, 4.69) is 47.3 Å². The van der Waals surface area contributed by atoms with Crippen molar-refractivity contribution in [1.29, 1.82) is 0 Å². The Hall–Kier alpha value is -1.31. The lowest BCUT2D eigenvalue weighted by Gasteiger charge is -2.33. The van der Waals surface area contributed by atoms with Crippen molar-refractivity contribution in [2.75, 3.05) is 33.3 Å². The highest BCUT2D eigenvalue weighted by Gasteiger charge is 2.27. The summed E-state index contributed by atoms with van der Waals surface area (Å²) >= 11 is 0. The Balaban J connectivity index is 0.00000338. The average molecular weight is 473 g/mol. The Bertz CT molecular complexity index is 611. The van der Waals surface area contributed by atoms with E-state index in [1.165, 1.54) is 16.7 Å². The summed E-state index contributed by atoms with van der Waals surface area (Å²) in [6.45, 7) is 9.14. The van der Waals surface area contributed by atoms with E-state index < -0.39 is 0 Å². The van der Waals surface area contributed by atoms with Gasteiger partial charge < -0.3 is 15.0 Å². The van der Waals surface area contributed by atoms with Crippen LogP contribution in [0.1, 0.15) is 36.5 Å². The van der Waals surface area contributed by atoms with E-state index in [4.69, 9.17) is 4.74 Å². The van der Waals surface area contributed by atoms with Gasteiger partial charge in [-0.3, -0.25) is 9.79 Å². The number of nitrogens with one attached hydrogen (secondary N) is 1. The van der Waals surface area contributed by atoms with Crippen LogP contribution < -0.4 is 5.32 Å². The van der Waals surface area contributed by atoms with Crippen LogP contribution in [-0.2, 0) is 16.0 Å². The average Bonchev–Trinajstić information content (AvgIpc) is 2.61. The Morgan fingerprint density at radius 2 is 2.00 bits per heavy atom. The zero-order valence-corrected chi connectivity index (χ0v) is 18.7. The molecule has 146 valence electrons. The minimum Gasteiger partial charge on any atom is -0.466 e. The van der Waals surface area contributed by atoms with Crippen molar-refractivity contribution in [2.45, 2.75) is 40.0 Å². The molecule has 1 aliphatic rings. The summed E-state index contributed by atoms with van der Waals surface area (Å²) < 4.78 is 5.13. The zero-order valence-electron chi connectivity index (χ0n) is 16.4. The molecule has 1 saturated heterocycles. The number of aliphatic imine (C=N–C) groups is 1. The van der Waals surface area contributed by atoms with Crippen LogP contribution in [0.4, 0.5) is 0 Å². The second kappa shape index (κ2) is 11.4. The molecule has 0 saturated carbocycles. The molecule has 0 spiro atoms. The van der Waals surface area contributed by atoms with Gasteiger partial charge in [-0.15, -0.1) is 24.0 Å². The number of aryl methyl sites for hydroxylation is 2. The Labute approximate surface area is 174 Å². The number of benzene rings is 1. The first kappa shape index (κ1) is 22.7. The number of halogens is 1. The minimum atomic E-state index is -0.0556. The van der Waals surface area contributed by atoms with E-state index >= 15 is 0 Å². The monoisotopic (exact) mass is 473 g/mol. The SMILES string of the molecule is CCOC(=O)C1CCN(C(=NC)NCCc2ccc(C)cc2C)CC1.I. The molecule has 0 atom stereocenters. The molecule has 1 fully saturated rings. The van der Waals surface area contributed by atoms with Crippen LogP contribution in [0.25, 0.3) is 0 Å². The summed E-state index contributed by atoms with van der Waals surface area (Å²) in [6, 6.07) is 6.60. The van der Waals surface area contributed by atoms with Crippen molar-refractivity contribution in [3.05, 3.63) is 34.9 Å². The maximum absolute atomic E-state index is 11.8. The molecule has 1 heterocycles. The van der Waals surface area contributed by atoms with Crippen molar-refractivity contribution >= 4 is 35.9 Å². The van der Waals surface area contributed by atoms with Gasteiger partial charge in [-0.2, -0.15) is 0 Å². The molecule has 6 heteroatoms. The minimum absolute atomic E-state index is 0. The molecule has 26 heavy (non-hydrogen) atoms. The number of nitrogens with zero attached hydrogens (tertiary/aromatic N) is 2. The lowest BCUT2D eigenvalue weighted by atomic mass is 9.97. The maximum Gasteiger partial charge on any atom is 0.309 e. The molecule has 0 aliphatic carbocycles. The summed E-state index contributed by atoms with van der Waals surface area (Å²) in [6.07, 6.45) is 2.64. The summed E-state index contributed by atoms with van der Waals surface area (Å²) in [7, 11) is 1.82. The number of esters is 1. The lowest BCUT2D eigenvalue weighted by molar-refractivity contribution is -0.149. The number of likely N-dealkylation sites (tertiary alicyclic amines) is 1. The molecule has 1 N–H and O–H groups in total. The van der Waals surface area contributed by atoms with Crippen molar-refractivity contribution < 1.29 is 9.53 Å². The van der Waals surface area contributed by atoms with Gasteiger partial charge in [0.25, 0.3) is 0 Å². The van der Waals surface area contributed by atoms with Gasteiger partial charge >= 0.3 is 5.97 Å².